The summed E-state index contributed by atoms with van der Waals surface area (Å²) in [5, 5.41) is 0. The number of nitrogens with zero attached hydrogens (tertiary/aromatic N) is 4. The van der Waals surface area contributed by atoms with Crippen LogP contribution < -0.4 is 9.64 Å². The van der Waals surface area contributed by atoms with Gasteiger partial charge in [0.15, 0.2) is 0 Å². The molecule has 1 aliphatic rings. The summed E-state index contributed by atoms with van der Waals surface area (Å²) in [5.74, 6) is 1.01. The molecule has 2 heterocycles. The minimum atomic E-state index is -0.194. The lowest BCUT2D eigenvalue weighted by Gasteiger charge is -2.19. The topological polar surface area (TPSA) is 76.9 Å². The monoisotopic (exact) mass is 486 g/mol. The lowest BCUT2D eigenvalue weighted by atomic mass is 10.0. The zero-order chi connectivity index (χ0) is 25.8. The highest BCUT2D eigenvalue weighted by Gasteiger charge is 2.29. The number of hydrogen-bond acceptors (Lipinski definition) is 5. The van der Waals surface area contributed by atoms with Gasteiger partial charge in [-0.2, -0.15) is 0 Å². The van der Waals surface area contributed by atoms with Crippen LogP contribution >= 0.6 is 0 Å². The van der Waals surface area contributed by atoms with E-state index < -0.39 is 0 Å². The molecule has 0 saturated carbocycles. The van der Waals surface area contributed by atoms with E-state index in [0.29, 0.717) is 35.9 Å². The second-order valence-electron chi connectivity index (χ2n) is 8.73. The van der Waals surface area contributed by atoms with Gasteiger partial charge in [-0.15, -0.1) is 0 Å². The number of hydrogen-bond donors (Lipinski definition) is 0. The van der Waals surface area contributed by atoms with E-state index in [9.17, 15) is 9.59 Å². The lowest BCUT2D eigenvalue weighted by molar-refractivity contribution is -0.121. The molecule has 1 aromatic heterocycles. The van der Waals surface area contributed by atoms with E-state index >= 15 is 0 Å². The van der Waals surface area contributed by atoms with Gasteiger partial charge in [0.05, 0.1) is 30.7 Å². The van der Waals surface area contributed by atoms with Gasteiger partial charge in [0, 0.05) is 20.3 Å². The van der Waals surface area contributed by atoms with Gasteiger partial charge < -0.3 is 14.4 Å². The zero-order valence-corrected chi connectivity index (χ0v) is 21.2. The average Bonchev–Trinajstić information content (AvgIpc) is 3.18. The fourth-order valence-corrected chi connectivity index (χ4v) is 4.35. The molecular formula is C28H30N4O4. The van der Waals surface area contributed by atoms with Gasteiger partial charge in [-0.1, -0.05) is 30.3 Å². The van der Waals surface area contributed by atoms with Gasteiger partial charge in [0.1, 0.15) is 12.5 Å². The first-order valence-electron chi connectivity index (χ1n) is 11.6. The molecule has 0 N–H and O–H groups in total. The first-order valence-corrected chi connectivity index (χ1v) is 11.6. The van der Waals surface area contributed by atoms with E-state index in [0.717, 1.165) is 28.0 Å². The van der Waals surface area contributed by atoms with Gasteiger partial charge in [-0.05, 0) is 60.4 Å². The number of benzene rings is 2. The van der Waals surface area contributed by atoms with Gasteiger partial charge in [-0.25, -0.2) is 4.98 Å². The van der Waals surface area contributed by atoms with E-state index in [1.165, 1.54) is 9.80 Å². The molecule has 0 spiro atoms. The number of carbonyl (C=O) groups excluding carboxylic acids is 2. The van der Waals surface area contributed by atoms with Crippen LogP contribution in [0.1, 0.15) is 33.6 Å². The molecule has 3 aromatic rings. The van der Waals surface area contributed by atoms with E-state index in [4.69, 9.17) is 9.47 Å². The molecule has 186 valence electrons. The summed E-state index contributed by atoms with van der Waals surface area (Å²) >= 11 is 0. The number of carbonyl (C=O) groups is 2. The minimum Gasteiger partial charge on any atom is -0.496 e. The van der Waals surface area contributed by atoms with Gasteiger partial charge in [0.2, 0.25) is 12.4 Å². The van der Waals surface area contributed by atoms with Crippen molar-refractivity contribution in [2.45, 2.75) is 27.2 Å². The zero-order valence-electron chi connectivity index (χ0n) is 21.2. The summed E-state index contributed by atoms with van der Waals surface area (Å²) in [6, 6.07) is 13.8. The van der Waals surface area contributed by atoms with Crippen molar-refractivity contribution >= 4 is 36.0 Å². The molecule has 2 amide bonds. The molecule has 0 saturated heterocycles. The maximum Gasteiger partial charge on any atom is 0.259 e. The van der Waals surface area contributed by atoms with Crippen LogP contribution in [0.4, 0.5) is 5.95 Å². The molecule has 0 unspecified atom stereocenters. The Morgan fingerprint density at radius 3 is 2.44 bits per heavy atom. The Hall–Kier alpha value is -4.17. The molecule has 8 heteroatoms. The molecule has 0 atom stereocenters. The van der Waals surface area contributed by atoms with Crippen LogP contribution in [0.15, 0.2) is 48.7 Å². The molecule has 8 nitrogen and oxygen atoms in total. The Morgan fingerprint density at radius 1 is 1.11 bits per heavy atom. The second-order valence-corrected chi connectivity index (χ2v) is 8.73. The number of rotatable bonds is 8. The predicted molar refractivity (Wildman–Crippen MR) is 140 cm³/mol. The Morgan fingerprint density at radius 2 is 1.81 bits per heavy atom. The quantitative estimate of drug-likeness (QED) is 0.351. The SMILES string of the molecule is COc1c(C)cc(/C=C2/C(=O)N(C)C=Cc3nc(N(C)C=O)n(COCc4ccccc4)c32)cc1C. The third-order valence-electron chi connectivity index (χ3n) is 6.04. The van der Waals surface area contributed by atoms with Crippen LogP contribution in [0.5, 0.6) is 5.75 Å². The summed E-state index contributed by atoms with van der Waals surface area (Å²) in [4.78, 5) is 32.8. The molecule has 1 aliphatic heterocycles. The number of ether oxygens (including phenoxy) is 2. The highest BCUT2D eigenvalue weighted by atomic mass is 16.5. The Balaban J connectivity index is 1.83. The van der Waals surface area contributed by atoms with E-state index in [1.54, 1.807) is 38.0 Å². The summed E-state index contributed by atoms with van der Waals surface area (Å²) in [6.07, 6.45) is 5.99. The van der Waals surface area contributed by atoms with Crippen molar-refractivity contribution in [2.75, 3.05) is 26.1 Å². The highest BCUT2D eigenvalue weighted by molar-refractivity contribution is 6.25. The largest absolute Gasteiger partial charge is 0.496 e. The number of likely N-dealkylation sites (N-methyl/N-ethyl adjacent to an activating group) is 1. The summed E-state index contributed by atoms with van der Waals surface area (Å²) in [6.45, 7) is 4.42. The van der Waals surface area contributed by atoms with Crippen LogP contribution in [-0.4, -0.2) is 48.0 Å². The maximum atomic E-state index is 13.5. The molecule has 0 bridgehead atoms. The van der Waals surface area contributed by atoms with Crippen LogP contribution in [0.3, 0.4) is 0 Å². The normalized spacial score (nSPS) is 14.1. The number of aromatic nitrogens is 2. The van der Waals surface area contributed by atoms with Gasteiger partial charge >= 0.3 is 0 Å². The van der Waals surface area contributed by atoms with Crippen LogP contribution in [0.25, 0.3) is 17.7 Å². The summed E-state index contributed by atoms with van der Waals surface area (Å²) in [5.41, 5.74) is 5.43. The van der Waals surface area contributed by atoms with E-state index in [-0.39, 0.29) is 12.6 Å². The molecule has 2 aromatic carbocycles. The van der Waals surface area contributed by atoms with Gasteiger partial charge in [-0.3, -0.25) is 19.1 Å². The van der Waals surface area contributed by atoms with Crippen molar-refractivity contribution in [3.05, 3.63) is 82.3 Å². The van der Waals surface area contributed by atoms with Crippen molar-refractivity contribution in [3.8, 4) is 5.75 Å². The number of fused-ring (bicyclic) bond motifs is 1. The van der Waals surface area contributed by atoms with Crippen molar-refractivity contribution < 1.29 is 19.1 Å². The number of anilines is 1. The highest BCUT2D eigenvalue weighted by Crippen LogP contribution is 2.33. The summed E-state index contributed by atoms with van der Waals surface area (Å²) in [7, 11) is 4.98. The van der Waals surface area contributed by atoms with E-state index in [2.05, 4.69) is 4.98 Å². The van der Waals surface area contributed by atoms with Crippen molar-refractivity contribution in [1.29, 1.82) is 0 Å². The first kappa shape index (κ1) is 24.9. The van der Waals surface area contributed by atoms with Crippen molar-refractivity contribution in [3.63, 3.8) is 0 Å². The van der Waals surface area contributed by atoms with Crippen LogP contribution in [0, 0.1) is 13.8 Å². The molecule has 4 rings (SSSR count). The fourth-order valence-electron chi connectivity index (χ4n) is 4.35. The second kappa shape index (κ2) is 10.6. The predicted octanol–water partition coefficient (Wildman–Crippen LogP) is 4.26. The molecular weight excluding hydrogens is 456 g/mol. The van der Waals surface area contributed by atoms with E-state index in [1.807, 2.05) is 62.4 Å². The fraction of sp³-hybridized carbons (Fsp3) is 0.250. The third-order valence-corrected chi connectivity index (χ3v) is 6.04. The number of aryl methyl sites for hydroxylation is 2. The number of amides is 2. The average molecular weight is 487 g/mol. The van der Waals surface area contributed by atoms with Crippen molar-refractivity contribution in [1.82, 2.24) is 14.5 Å². The van der Waals surface area contributed by atoms with Crippen LogP contribution in [0.2, 0.25) is 0 Å². The molecule has 0 radical (unpaired) electrons. The first-order chi connectivity index (χ1) is 17.3. The number of methoxy groups -OCH3 is 1. The molecule has 0 fully saturated rings. The summed E-state index contributed by atoms with van der Waals surface area (Å²) < 4.78 is 13.3. The Labute approximate surface area is 211 Å². The molecule has 0 aliphatic carbocycles. The standard InChI is InChI=1S/C28H30N4O4/c1-19-13-22(14-20(2)26(19)35-5)15-23-25-24(11-12-30(3)27(23)34)29-28(31(4)17-33)32(25)18-36-16-21-9-7-6-8-10-21/h6-15,17H,16,18H2,1-5H3/b23-15+. The Bertz CT molecular complexity index is 1320. The third kappa shape index (κ3) is 4.94. The van der Waals surface area contributed by atoms with Crippen LogP contribution in [-0.2, 0) is 27.7 Å². The minimum absolute atomic E-state index is 0.105. The number of imidazole rings is 1. The lowest BCUT2D eigenvalue weighted by Crippen LogP contribution is -2.24. The smallest absolute Gasteiger partial charge is 0.259 e. The Kier molecular flexibility index (Phi) is 7.36. The van der Waals surface area contributed by atoms with Crippen molar-refractivity contribution in [2.24, 2.45) is 0 Å². The van der Waals surface area contributed by atoms with Gasteiger partial charge in [0.25, 0.3) is 5.91 Å². The molecule has 36 heavy (non-hydrogen) atoms. The maximum absolute atomic E-state index is 13.5.